The second-order valence-electron chi connectivity index (χ2n) is 4.96. The van der Waals surface area contributed by atoms with Crippen molar-refractivity contribution in [2.45, 2.75) is 19.8 Å². The Kier molecular flexibility index (Phi) is 3.47. The van der Waals surface area contributed by atoms with Gasteiger partial charge in [-0.25, -0.2) is 0 Å². The maximum Gasteiger partial charge on any atom is 0.252 e. The van der Waals surface area contributed by atoms with E-state index in [1.165, 1.54) is 18.3 Å². The lowest BCUT2D eigenvalue weighted by molar-refractivity contribution is -0.114. The molecule has 3 N–H and O–H groups in total. The van der Waals surface area contributed by atoms with Gasteiger partial charge in [0.25, 0.3) is 5.91 Å². The molecule has 0 saturated carbocycles. The Morgan fingerprint density at radius 3 is 2.76 bits per heavy atom. The average molecular weight is 321 g/mol. The van der Waals surface area contributed by atoms with E-state index in [0.29, 0.717) is 15.6 Å². The topological polar surface area (TPSA) is 72.2 Å². The van der Waals surface area contributed by atoms with Crippen molar-refractivity contribution < 1.29 is 9.59 Å². The van der Waals surface area contributed by atoms with Crippen LogP contribution in [-0.4, -0.2) is 11.8 Å². The summed E-state index contributed by atoms with van der Waals surface area (Å²) in [5, 5.41) is 3.94. The first kappa shape index (κ1) is 14.1. The molecule has 0 atom stereocenters. The molecule has 21 heavy (non-hydrogen) atoms. The van der Waals surface area contributed by atoms with Crippen LogP contribution in [0.15, 0.2) is 18.2 Å². The Morgan fingerprint density at radius 2 is 2.10 bits per heavy atom. The monoisotopic (exact) mass is 320 g/mol. The second-order valence-corrected chi connectivity index (χ2v) is 6.42. The fraction of sp³-hybridized carbons (Fsp3) is 0.200. The van der Waals surface area contributed by atoms with Crippen LogP contribution in [-0.2, 0) is 17.6 Å². The third-order valence-corrected chi connectivity index (χ3v) is 4.92. The zero-order valence-corrected chi connectivity index (χ0v) is 12.9. The van der Waals surface area contributed by atoms with E-state index in [4.69, 9.17) is 17.3 Å². The number of anilines is 1. The van der Waals surface area contributed by atoms with E-state index in [-0.39, 0.29) is 5.91 Å². The average Bonchev–Trinajstić information content (AvgIpc) is 2.75. The van der Waals surface area contributed by atoms with Crippen molar-refractivity contribution in [1.29, 1.82) is 0 Å². The Hall–Kier alpha value is -1.85. The van der Waals surface area contributed by atoms with Gasteiger partial charge in [-0.3, -0.25) is 9.59 Å². The van der Waals surface area contributed by atoms with Crippen LogP contribution in [0.4, 0.5) is 5.00 Å². The number of fused-ring (bicyclic) bond motifs is 3. The minimum absolute atomic E-state index is 0.215. The number of thiophene rings is 1. The van der Waals surface area contributed by atoms with Gasteiger partial charge in [0.05, 0.1) is 5.56 Å². The number of hydrogen-bond donors (Lipinski definition) is 2. The summed E-state index contributed by atoms with van der Waals surface area (Å²) in [5.41, 5.74) is 9.07. The molecule has 1 aliphatic rings. The van der Waals surface area contributed by atoms with Gasteiger partial charge in [0.1, 0.15) is 5.00 Å². The van der Waals surface area contributed by atoms with Crippen molar-refractivity contribution in [2.24, 2.45) is 5.73 Å². The number of nitrogens with two attached hydrogens (primary N) is 1. The maximum absolute atomic E-state index is 11.8. The molecule has 0 saturated heterocycles. The summed E-state index contributed by atoms with van der Waals surface area (Å²) >= 11 is 7.42. The molecule has 0 spiro atoms. The fourth-order valence-electron chi connectivity index (χ4n) is 2.68. The van der Waals surface area contributed by atoms with Gasteiger partial charge in [0, 0.05) is 16.8 Å². The molecule has 3 rings (SSSR count). The molecular formula is C15H13ClN2O2S. The number of carbonyl (C=O) groups is 2. The van der Waals surface area contributed by atoms with Crippen LogP contribution in [0, 0.1) is 0 Å². The van der Waals surface area contributed by atoms with Gasteiger partial charge in [0.2, 0.25) is 5.91 Å². The molecule has 1 aliphatic carbocycles. The number of hydrogen-bond acceptors (Lipinski definition) is 3. The third kappa shape index (κ3) is 2.43. The van der Waals surface area contributed by atoms with Gasteiger partial charge in [-0.1, -0.05) is 17.7 Å². The summed E-state index contributed by atoms with van der Waals surface area (Å²) in [5.74, 6) is -0.721. The normalized spacial score (nSPS) is 12.5. The van der Waals surface area contributed by atoms with Crippen LogP contribution in [0.5, 0.6) is 0 Å². The number of nitrogens with one attached hydrogen (secondary N) is 1. The molecule has 0 fully saturated rings. The first-order valence-electron chi connectivity index (χ1n) is 6.49. The van der Waals surface area contributed by atoms with E-state index in [9.17, 15) is 9.59 Å². The highest BCUT2D eigenvalue weighted by molar-refractivity contribution is 7.20. The Morgan fingerprint density at radius 1 is 1.33 bits per heavy atom. The molecule has 1 aromatic carbocycles. The molecule has 0 aliphatic heterocycles. The number of amides is 2. The maximum atomic E-state index is 11.8. The standard InChI is InChI=1S/C15H13ClN2O2S/c1-7(19)18-15-12(14(17)20)11-4-2-8-6-9(16)3-5-10(8)13(11)21-15/h3,5-6H,2,4H2,1H3,(H2,17,20)(H,18,19). The molecule has 2 amide bonds. The zero-order chi connectivity index (χ0) is 15.1. The van der Waals surface area contributed by atoms with Gasteiger partial charge in [-0.2, -0.15) is 0 Å². The highest BCUT2D eigenvalue weighted by atomic mass is 35.5. The van der Waals surface area contributed by atoms with Gasteiger partial charge in [-0.15, -0.1) is 11.3 Å². The van der Waals surface area contributed by atoms with E-state index in [0.717, 1.165) is 34.4 Å². The SMILES string of the molecule is CC(=O)Nc1sc2c(c1C(N)=O)CCc1cc(Cl)ccc1-2. The van der Waals surface area contributed by atoms with Gasteiger partial charge >= 0.3 is 0 Å². The van der Waals surface area contributed by atoms with Crippen molar-refractivity contribution in [2.75, 3.05) is 5.32 Å². The minimum Gasteiger partial charge on any atom is -0.365 e. The number of rotatable bonds is 2. The summed E-state index contributed by atoms with van der Waals surface area (Å²) in [4.78, 5) is 24.1. The highest BCUT2D eigenvalue weighted by Gasteiger charge is 2.27. The van der Waals surface area contributed by atoms with E-state index in [1.807, 2.05) is 18.2 Å². The molecule has 0 bridgehead atoms. The summed E-state index contributed by atoms with van der Waals surface area (Å²) in [6.07, 6.45) is 1.52. The van der Waals surface area contributed by atoms with Gasteiger partial charge in [0.15, 0.2) is 0 Å². The number of benzene rings is 1. The molecule has 0 unspecified atom stereocenters. The number of aryl methyl sites for hydroxylation is 1. The largest absolute Gasteiger partial charge is 0.365 e. The summed E-state index contributed by atoms with van der Waals surface area (Å²) < 4.78 is 0. The highest BCUT2D eigenvalue weighted by Crippen LogP contribution is 2.45. The van der Waals surface area contributed by atoms with Crippen molar-refractivity contribution in [3.63, 3.8) is 0 Å². The van der Waals surface area contributed by atoms with Gasteiger partial charge < -0.3 is 11.1 Å². The van der Waals surface area contributed by atoms with E-state index in [1.54, 1.807) is 0 Å². The van der Waals surface area contributed by atoms with Crippen molar-refractivity contribution in [1.82, 2.24) is 0 Å². The van der Waals surface area contributed by atoms with E-state index in [2.05, 4.69) is 5.32 Å². The van der Waals surface area contributed by atoms with E-state index >= 15 is 0 Å². The van der Waals surface area contributed by atoms with Crippen LogP contribution in [0.2, 0.25) is 5.02 Å². The Balaban J connectivity index is 2.21. The fourth-order valence-corrected chi connectivity index (χ4v) is 4.24. The second kappa shape index (κ2) is 5.16. The predicted octanol–water partition coefficient (Wildman–Crippen LogP) is 3.22. The molecule has 1 aromatic heterocycles. The molecule has 0 radical (unpaired) electrons. The number of carbonyl (C=O) groups excluding carboxylic acids is 2. The Bertz CT molecular complexity index is 767. The minimum atomic E-state index is -0.506. The number of halogens is 1. The summed E-state index contributed by atoms with van der Waals surface area (Å²) in [6.45, 7) is 1.41. The van der Waals surface area contributed by atoms with Crippen LogP contribution in [0.1, 0.15) is 28.4 Å². The quantitative estimate of drug-likeness (QED) is 0.891. The van der Waals surface area contributed by atoms with Crippen LogP contribution in [0.25, 0.3) is 10.4 Å². The Labute approximate surface area is 130 Å². The lowest BCUT2D eigenvalue weighted by Crippen LogP contribution is -2.17. The summed E-state index contributed by atoms with van der Waals surface area (Å²) in [7, 11) is 0. The zero-order valence-electron chi connectivity index (χ0n) is 11.3. The third-order valence-electron chi connectivity index (χ3n) is 3.50. The molecule has 1 heterocycles. The molecule has 108 valence electrons. The van der Waals surface area contributed by atoms with Crippen LogP contribution >= 0.6 is 22.9 Å². The van der Waals surface area contributed by atoms with Crippen LogP contribution in [0.3, 0.4) is 0 Å². The van der Waals surface area contributed by atoms with Gasteiger partial charge in [-0.05, 0) is 41.7 Å². The first-order chi connectivity index (χ1) is 9.97. The molecule has 4 nitrogen and oxygen atoms in total. The molecular weight excluding hydrogens is 308 g/mol. The lowest BCUT2D eigenvalue weighted by Gasteiger charge is -2.17. The van der Waals surface area contributed by atoms with Crippen molar-refractivity contribution >= 4 is 39.8 Å². The van der Waals surface area contributed by atoms with Crippen LogP contribution < -0.4 is 11.1 Å². The van der Waals surface area contributed by atoms with Crippen molar-refractivity contribution in [3.8, 4) is 10.4 Å². The summed E-state index contributed by atoms with van der Waals surface area (Å²) in [6, 6.07) is 5.73. The first-order valence-corrected chi connectivity index (χ1v) is 7.68. The van der Waals surface area contributed by atoms with Crippen molar-refractivity contribution in [3.05, 3.63) is 39.9 Å². The predicted molar refractivity (Wildman–Crippen MR) is 85.0 cm³/mol. The van der Waals surface area contributed by atoms with E-state index < -0.39 is 5.91 Å². The molecule has 6 heteroatoms. The number of primary amides is 1. The lowest BCUT2D eigenvalue weighted by atomic mass is 9.89. The molecule has 2 aromatic rings. The smallest absolute Gasteiger partial charge is 0.252 e.